The number of unbranched alkanes of at least 4 members (excludes halogenated alkanes) is 1. The predicted octanol–water partition coefficient (Wildman–Crippen LogP) is 3.23. The van der Waals surface area contributed by atoms with Gasteiger partial charge in [0.2, 0.25) is 0 Å². The highest BCUT2D eigenvalue weighted by molar-refractivity contribution is 5.94. The van der Waals surface area contributed by atoms with Gasteiger partial charge in [0.15, 0.2) is 0 Å². The van der Waals surface area contributed by atoms with Crippen LogP contribution in [0.15, 0.2) is 42.7 Å². The summed E-state index contributed by atoms with van der Waals surface area (Å²) in [6.07, 6.45) is 5.20. The number of hydrogen-bond acceptors (Lipinski definition) is 4. The molecule has 1 heterocycles. The molecule has 0 aliphatic rings. The third kappa shape index (κ3) is 4.32. The molecule has 0 saturated heterocycles. The maximum atomic E-state index is 12.0. The van der Waals surface area contributed by atoms with E-state index in [9.17, 15) is 4.79 Å². The van der Waals surface area contributed by atoms with E-state index in [2.05, 4.69) is 28.6 Å². The van der Waals surface area contributed by atoms with Gasteiger partial charge in [0.05, 0.1) is 29.1 Å². The van der Waals surface area contributed by atoms with Crippen molar-refractivity contribution in [3.63, 3.8) is 0 Å². The van der Waals surface area contributed by atoms with Gasteiger partial charge in [-0.3, -0.25) is 9.78 Å². The quantitative estimate of drug-likeness (QED) is 0.802. The summed E-state index contributed by atoms with van der Waals surface area (Å²) in [7, 11) is 0. The van der Waals surface area contributed by atoms with Crippen LogP contribution in [0.4, 0.5) is 11.4 Å². The first-order chi connectivity index (χ1) is 10.7. The Morgan fingerprint density at radius 1 is 1.23 bits per heavy atom. The summed E-state index contributed by atoms with van der Waals surface area (Å²) in [4.78, 5) is 16.1. The molecule has 0 aliphatic carbocycles. The second-order valence-electron chi connectivity index (χ2n) is 4.89. The van der Waals surface area contributed by atoms with E-state index in [-0.39, 0.29) is 5.91 Å². The molecule has 0 unspecified atom stereocenters. The molecular weight excluding hydrogens is 276 g/mol. The lowest BCUT2D eigenvalue weighted by Gasteiger charge is -2.08. The number of rotatable bonds is 6. The number of amides is 1. The van der Waals surface area contributed by atoms with Crippen molar-refractivity contribution in [1.82, 2.24) is 10.3 Å². The molecule has 2 rings (SSSR count). The molecule has 0 aliphatic heterocycles. The number of carbonyl (C=O) groups excluding carboxylic acids is 1. The van der Waals surface area contributed by atoms with Crippen molar-refractivity contribution in [2.45, 2.75) is 19.8 Å². The molecule has 1 aromatic heterocycles. The molecule has 5 heteroatoms. The van der Waals surface area contributed by atoms with Crippen LogP contribution in [0.1, 0.15) is 35.7 Å². The summed E-state index contributed by atoms with van der Waals surface area (Å²) in [6.45, 7) is 2.75. The van der Waals surface area contributed by atoms with Crippen LogP contribution in [-0.4, -0.2) is 17.4 Å². The average Bonchev–Trinajstić information content (AvgIpc) is 2.56. The molecule has 0 atom stereocenters. The summed E-state index contributed by atoms with van der Waals surface area (Å²) < 4.78 is 0. The minimum absolute atomic E-state index is 0.121. The topological polar surface area (TPSA) is 77.8 Å². The number of nitriles is 1. The highest BCUT2D eigenvalue weighted by Crippen LogP contribution is 2.17. The highest BCUT2D eigenvalue weighted by Gasteiger charge is 2.06. The van der Waals surface area contributed by atoms with Crippen LogP contribution in [0.25, 0.3) is 0 Å². The zero-order valence-electron chi connectivity index (χ0n) is 12.5. The van der Waals surface area contributed by atoms with E-state index >= 15 is 0 Å². The van der Waals surface area contributed by atoms with Gasteiger partial charge in [-0.1, -0.05) is 13.3 Å². The Balaban J connectivity index is 2.04. The number of pyridine rings is 1. The van der Waals surface area contributed by atoms with Crippen LogP contribution in [0.5, 0.6) is 0 Å². The Bertz CT molecular complexity index is 674. The van der Waals surface area contributed by atoms with Gasteiger partial charge in [-0.05, 0) is 36.8 Å². The maximum absolute atomic E-state index is 12.0. The van der Waals surface area contributed by atoms with Crippen LogP contribution < -0.4 is 10.6 Å². The van der Waals surface area contributed by atoms with Gasteiger partial charge in [0.25, 0.3) is 5.91 Å². The molecule has 2 aromatic rings. The minimum Gasteiger partial charge on any atom is -0.354 e. The summed E-state index contributed by atoms with van der Waals surface area (Å²) in [5.74, 6) is -0.121. The number of carbonyl (C=O) groups is 1. The molecule has 1 aromatic carbocycles. The largest absolute Gasteiger partial charge is 0.354 e. The van der Waals surface area contributed by atoms with Crippen molar-refractivity contribution < 1.29 is 4.79 Å². The van der Waals surface area contributed by atoms with E-state index < -0.39 is 0 Å². The van der Waals surface area contributed by atoms with Gasteiger partial charge < -0.3 is 10.6 Å². The number of anilines is 2. The second-order valence-corrected chi connectivity index (χ2v) is 4.89. The van der Waals surface area contributed by atoms with Crippen molar-refractivity contribution in [3.05, 3.63) is 53.9 Å². The molecule has 2 N–H and O–H groups in total. The molecular formula is C17H18N4O. The number of hydrogen-bond donors (Lipinski definition) is 2. The number of nitrogens with one attached hydrogen (secondary N) is 2. The van der Waals surface area contributed by atoms with Crippen molar-refractivity contribution in [2.24, 2.45) is 0 Å². The molecule has 0 bridgehead atoms. The monoisotopic (exact) mass is 294 g/mol. The fourth-order valence-corrected chi connectivity index (χ4v) is 1.91. The third-order valence-electron chi connectivity index (χ3n) is 3.12. The smallest absolute Gasteiger partial charge is 0.252 e. The Labute approximate surface area is 130 Å². The Hall–Kier alpha value is -2.87. The molecule has 0 radical (unpaired) electrons. The van der Waals surface area contributed by atoms with E-state index in [0.29, 0.717) is 17.7 Å². The van der Waals surface area contributed by atoms with Crippen LogP contribution in [0.2, 0.25) is 0 Å². The molecule has 0 fully saturated rings. The predicted molar refractivity (Wildman–Crippen MR) is 85.9 cm³/mol. The number of nitrogens with zero attached hydrogens (tertiary/aromatic N) is 2. The van der Waals surface area contributed by atoms with Gasteiger partial charge in [0.1, 0.15) is 0 Å². The lowest BCUT2D eigenvalue weighted by atomic mass is 10.2. The summed E-state index contributed by atoms with van der Waals surface area (Å²) in [6, 6.07) is 10.9. The van der Waals surface area contributed by atoms with E-state index in [1.54, 1.807) is 30.6 Å². The van der Waals surface area contributed by atoms with Gasteiger partial charge in [-0.2, -0.15) is 5.26 Å². The van der Waals surface area contributed by atoms with Crippen molar-refractivity contribution in [1.29, 1.82) is 5.26 Å². The fourth-order valence-electron chi connectivity index (χ4n) is 1.91. The van der Waals surface area contributed by atoms with Crippen LogP contribution in [0, 0.1) is 11.3 Å². The SMILES string of the molecule is CCCCNC(=O)c1cncc(Nc2ccc(C#N)cc2)c1. The van der Waals surface area contributed by atoms with E-state index in [1.807, 2.05) is 12.1 Å². The zero-order valence-corrected chi connectivity index (χ0v) is 12.5. The molecule has 112 valence electrons. The number of aromatic nitrogens is 1. The first-order valence-corrected chi connectivity index (χ1v) is 7.23. The van der Waals surface area contributed by atoms with Crippen molar-refractivity contribution in [2.75, 3.05) is 11.9 Å². The zero-order chi connectivity index (χ0) is 15.8. The lowest BCUT2D eigenvalue weighted by Crippen LogP contribution is -2.24. The van der Waals surface area contributed by atoms with Crippen molar-refractivity contribution in [3.8, 4) is 6.07 Å². The van der Waals surface area contributed by atoms with Crippen LogP contribution in [-0.2, 0) is 0 Å². The summed E-state index contributed by atoms with van der Waals surface area (Å²) in [5.41, 5.74) is 2.69. The van der Waals surface area contributed by atoms with Crippen molar-refractivity contribution >= 4 is 17.3 Å². The molecule has 5 nitrogen and oxygen atoms in total. The summed E-state index contributed by atoms with van der Waals surface area (Å²) in [5, 5.41) is 14.8. The van der Waals surface area contributed by atoms with Crippen LogP contribution >= 0.6 is 0 Å². The molecule has 22 heavy (non-hydrogen) atoms. The Morgan fingerprint density at radius 2 is 2.00 bits per heavy atom. The molecule has 0 saturated carbocycles. The lowest BCUT2D eigenvalue weighted by molar-refractivity contribution is 0.0953. The second kappa shape index (κ2) is 7.79. The van der Waals surface area contributed by atoms with Gasteiger partial charge in [-0.15, -0.1) is 0 Å². The van der Waals surface area contributed by atoms with Gasteiger partial charge in [0, 0.05) is 18.4 Å². The van der Waals surface area contributed by atoms with E-state index in [4.69, 9.17) is 5.26 Å². The fraction of sp³-hybridized carbons (Fsp3) is 0.235. The first-order valence-electron chi connectivity index (χ1n) is 7.23. The molecule has 1 amide bonds. The number of benzene rings is 1. The van der Waals surface area contributed by atoms with Gasteiger partial charge in [-0.25, -0.2) is 0 Å². The average molecular weight is 294 g/mol. The maximum Gasteiger partial charge on any atom is 0.252 e. The third-order valence-corrected chi connectivity index (χ3v) is 3.12. The highest BCUT2D eigenvalue weighted by atomic mass is 16.1. The Kier molecular flexibility index (Phi) is 5.50. The minimum atomic E-state index is -0.121. The first kappa shape index (κ1) is 15.5. The van der Waals surface area contributed by atoms with E-state index in [0.717, 1.165) is 24.2 Å². The normalized spacial score (nSPS) is 9.82. The standard InChI is InChI=1S/C17H18N4O/c1-2-3-8-20-17(22)14-9-16(12-19-11-14)21-15-6-4-13(10-18)5-7-15/h4-7,9,11-12,21H,2-3,8H2,1H3,(H,20,22). The Morgan fingerprint density at radius 3 is 2.68 bits per heavy atom. The summed E-state index contributed by atoms with van der Waals surface area (Å²) >= 11 is 0. The molecule has 0 spiro atoms. The van der Waals surface area contributed by atoms with Gasteiger partial charge >= 0.3 is 0 Å². The van der Waals surface area contributed by atoms with Crippen LogP contribution in [0.3, 0.4) is 0 Å². The van der Waals surface area contributed by atoms with E-state index in [1.165, 1.54) is 0 Å².